The fraction of sp³-hybridized carbons (Fsp3) is 0.538. The lowest BCUT2D eigenvalue weighted by Crippen LogP contribution is -2.44. The summed E-state index contributed by atoms with van der Waals surface area (Å²) in [5, 5.41) is 9.12. The molecule has 0 atom stereocenters. The van der Waals surface area contributed by atoms with Crippen molar-refractivity contribution in [1.82, 2.24) is 19.5 Å². The predicted molar refractivity (Wildman–Crippen MR) is 144 cm³/mol. The molecule has 3 aromatic rings. The van der Waals surface area contributed by atoms with Crippen LogP contribution in [0.15, 0.2) is 24.3 Å². The average Bonchev–Trinajstić information content (AvgIpc) is 3.38. The highest BCUT2D eigenvalue weighted by Crippen LogP contribution is 2.35. The molecule has 9 nitrogen and oxygen atoms in total. The first-order chi connectivity index (χ1) is 17.1. The fourth-order valence-electron chi connectivity index (χ4n) is 4.35. The Bertz CT molecular complexity index is 1240. The number of ether oxygens (including phenoxy) is 1. The van der Waals surface area contributed by atoms with Gasteiger partial charge in [0.25, 0.3) is 0 Å². The lowest BCUT2D eigenvalue weighted by molar-refractivity contribution is -0.151. The van der Waals surface area contributed by atoms with Gasteiger partial charge in [0, 0.05) is 31.2 Å². The van der Waals surface area contributed by atoms with Crippen molar-refractivity contribution in [2.45, 2.75) is 53.0 Å². The molecule has 1 saturated heterocycles. The first-order valence-electron chi connectivity index (χ1n) is 12.5. The fourth-order valence-corrected chi connectivity index (χ4v) is 5.21. The topological polar surface area (TPSA) is 92.1 Å². The summed E-state index contributed by atoms with van der Waals surface area (Å²) < 4.78 is 6.97. The molecule has 1 aliphatic rings. The van der Waals surface area contributed by atoms with E-state index in [9.17, 15) is 9.59 Å². The molecule has 0 unspecified atom stereocenters. The number of anilines is 2. The van der Waals surface area contributed by atoms with E-state index in [2.05, 4.69) is 51.2 Å². The van der Waals surface area contributed by atoms with Crippen LogP contribution in [0.5, 0.6) is 0 Å². The van der Waals surface area contributed by atoms with Crippen molar-refractivity contribution in [3.05, 3.63) is 29.8 Å². The van der Waals surface area contributed by atoms with Crippen LogP contribution in [0, 0.1) is 12.8 Å². The molecule has 0 bridgehead atoms. The molecule has 4 rings (SSSR count). The lowest BCUT2D eigenvalue weighted by Gasteiger charge is -2.32. The average molecular weight is 513 g/mol. The van der Waals surface area contributed by atoms with E-state index in [1.54, 1.807) is 0 Å². The minimum Gasteiger partial charge on any atom is -0.466 e. The van der Waals surface area contributed by atoms with Gasteiger partial charge in [0.2, 0.25) is 16.0 Å². The number of aromatic nitrogens is 3. The van der Waals surface area contributed by atoms with Crippen LogP contribution in [0.1, 0.15) is 46.1 Å². The molecule has 0 aliphatic carbocycles. The number of likely N-dealkylation sites (N-methyl/N-ethyl adjacent to an activating group) is 1. The van der Waals surface area contributed by atoms with Gasteiger partial charge in [0.1, 0.15) is 5.69 Å². The number of esters is 1. The quantitative estimate of drug-likeness (QED) is 0.474. The van der Waals surface area contributed by atoms with Gasteiger partial charge in [-0.25, -0.2) is 4.98 Å². The number of imidazole rings is 1. The third kappa shape index (κ3) is 5.80. The minimum atomic E-state index is -0.185. The number of rotatable bonds is 7. The number of benzene rings is 1. The Kier molecular flexibility index (Phi) is 7.54. The molecular weight excluding hydrogens is 476 g/mol. The number of nitrogens with one attached hydrogen (secondary N) is 1. The second-order valence-corrected chi connectivity index (χ2v) is 11.3. The van der Waals surface area contributed by atoms with E-state index < -0.39 is 0 Å². The monoisotopic (exact) mass is 512 g/mol. The van der Waals surface area contributed by atoms with Gasteiger partial charge in [-0.05, 0) is 53.5 Å². The van der Waals surface area contributed by atoms with Gasteiger partial charge in [-0.3, -0.25) is 9.59 Å². The zero-order valence-corrected chi connectivity index (χ0v) is 22.8. The number of nitrogens with zero attached hydrogens (tertiary/aromatic N) is 5. The summed E-state index contributed by atoms with van der Waals surface area (Å²) in [6.07, 6.45) is 1.28. The van der Waals surface area contributed by atoms with Crippen LogP contribution in [-0.4, -0.2) is 70.2 Å². The summed E-state index contributed by atoms with van der Waals surface area (Å²) in [7, 11) is 1.87. The molecule has 1 amide bonds. The molecule has 1 aliphatic heterocycles. The molecular formula is C26H36N6O3S. The second kappa shape index (κ2) is 10.5. The minimum absolute atomic E-state index is 0.0288. The third-order valence-corrected chi connectivity index (χ3v) is 7.17. The first-order valence-corrected chi connectivity index (χ1v) is 13.3. The highest BCUT2D eigenvalue weighted by atomic mass is 32.1. The highest BCUT2D eigenvalue weighted by molar-refractivity contribution is 7.20. The Morgan fingerprint density at radius 2 is 1.97 bits per heavy atom. The normalized spacial score (nSPS) is 14.8. The number of carbonyl (C=O) groups excluding carboxylic acids is 2. The number of hydrogen-bond acceptors (Lipinski definition) is 8. The summed E-state index contributed by atoms with van der Waals surface area (Å²) >= 11 is 1.46. The van der Waals surface area contributed by atoms with Crippen molar-refractivity contribution >= 4 is 39.1 Å². The molecule has 36 heavy (non-hydrogen) atoms. The lowest BCUT2D eigenvalue weighted by atomic mass is 9.97. The number of fused-ring (bicyclic) bond motifs is 1. The maximum absolute atomic E-state index is 13.0. The summed E-state index contributed by atoms with van der Waals surface area (Å²) in [6.45, 7) is 11.9. The van der Waals surface area contributed by atoms with Gasteiger partial charge in [-0.15, -0.1) is 5.10 Å². The Morgan fingerprint density at radius 1 is 1.25 bits per heavy atom. The second-order valence-electron chi connectivity index (χ2n) is 10.4. The van der Waals surface area contributed by atoms with Crippen molar-refractivity contribution in [2.24, 2.45) is 5.92 Å². The van der Waals surface area contributed by atoms with E-state index in [1.165, 1.54) is 16.9 Å². The van der Waals surface area contributed by atoms with E-state index in [0.29, 0.717) is 32.5 Å². The maximum atomic E-state index is 13.0. The molecule has 10 heteroatoms. The number of aryl methyl sites for hydroxylation is 1. The number of carbonyl (C=O) groups is 2. The van der Waals surface area contributed by atoms with Crippen LogP contribution < -0.4 is 10.2 Å². The third-order valence-electron chi connectivity index (χ3n) is 6.14. The van der Waals surface area contributed by atoms with Crippen LogP contribution in [-0.2, 0) is 14.3 Å². The SMILES string of the molecule is CCOC(=O)C1CCN(C(=O)CN(C)c2nn3c(NC(C)(C)C)c(-c4cccc(C)c4)nc3s2)CC1. The first kappa shape index (κ1) is 25.9. The van der Waals surface area contributed by atoms with Crippen LogP contribution in [0.4, 0.5) is 10.9 Å². The molecule has 0 saturated carbocycles. The van der Waals surface area contributed by atoms with Crippen LogP contribution in [0.2, 0.25) is 0 Å². The molecule has 3 heterocycles. The summed E-state index contributed by atoms with van der Waals surface area (Å²) in [5.41, 5.74) is 2.89. The zero-order chi connectivity index (χ0) is 26.0. The highest BCUT2D eigenvalue weighted by Gasteiger charge is 2.29. The van der Waals surface area contributed by atoms with Crippen LogP contribution in [0.25, 0.3) is 16.2 Å². The number of amides is 1. The predicted octanol–water partition coefficient (Wildman–Crippen LogP) is 4.21. The van der Waals surface area contributed by atoms with E-state index in [-0.39, 0.29) is 29.9 Å². The Balaban J connectivity index is 1.50. The molecule has 194 valence electrons. The molecule has 0 radical (unpaired) electrons. The molecule has 0 spiro atoms. The van der Waals surface area contributed by atoms with Crippen molar-refractivity contribution in [1.29, 1.82) is 0 Å². The van der Waals surface area contributed by atoms with Gasteiger partial charge in [-0.1, -0.05) is 35.1 Å². The van der Waals surface area contributed by atoms with Gasteiger partial charge < -0.3 is 19.9 Å². The Morgan fingerprint density at radius 3 is 2.61 bits per heavy atom. The largest absolute Gasteiger partial charge is 0.466 e. The molecule has 1 aromatic carbocycles. The maximum Gasteiger partial charge on any atom is 0.309 e. The van der Waals surface area contributed by atoms with Crippen molar-refractivity contribution in [3.8, 4) is 11.3 Å². The van der Waals surface area contributed by atoms with E-state index in [1.807, 2.05) is 34.4 Å². The Labute approximate surface area is 216 Å². The molecule has 1 N–H and O–H groups in total. The van der Waals surface area contributed by atoms with Crippen molar-refractivity contribution in [2.75, 3.05) is 43.5 Å². The number of hydrogen-bond donors (Lipinski definition) is 1. The number of piperidine rings is 1. The van der Waals surface area contributed by atoms with E-state index >= 15 is 0 Å². The van der Waals surface area contributed by atoms with Gasteiger partial charge >= 0.3 is 5.97 Å². The van der Waals surface area contributed by atoms with Gasteiger partial charge in [0.05, 0.1) is 19.1 Å². The molecule has 2 aromatic heterocycles. The van der Waals surface area contributed by atoms with Gasteiger partial charge in [-0.2, -0.15) is 4.52 Å². The molecule has 1 fully saturated rings. The van der Waals surface area contributed by atoms with Crippen molar-refractivity contribution < 1.29 is 14.3 Å². The standard InChI is InChI=1S/C26H36N6O3S/c1-7-35-23(34)18-11-13-31(14-12-18)20(33)16-30(6)25-29-32-22(28-26(3,4)5)21(27-24(32)36-25)19-10-8-9-17(2)15-19/h8-10,15,18,28H,7,11-14,16H2,1-6H3. The smallest absolute Gasteiger partial charge is 0.309 e. The van der Waals surface area contributed by atoms with Crippen molar-refractivity contribution in [3.63, 3.8) is 0 Å². The van der Waals surface area contributed by atoms with Gasteiger partial charge in [0.15, 0.2) is 5.82 Å². The summed E-state index contributed by atoms with van der Waals surface area (Å²) in [6, 6.07) is 8.29. The summed E-state index contributed by atoms with van der Waals surface area (Å²) in [5.74, 6) is 0.597. The van der Waals surface area contributed by atoms with E-state index in [0.717, 1.165) is 27.2 Å². The van der Waals surface area contributed by atoms with Crippen LogP contribution in [0.3, 0.4) is 0 Å². The number of likely N-dealkylation sites (tertiary alicyclic amines) is 1. The zero-order valence-electron chi connectivity index (χ0n) is 22.0. The van der Waals surface area contributed by atoms with E-state index in [4.69, 9.17) is 14.8 Å². The Hall–Kier alpha value is -3.14. The van der Waals surface area contributed by atoms with Crippen LogP contribution >= 0.6 is 11.3 Å². The summed E-state index contributed by atoms with van der Waals surface area (Å²) in [4.78, 5) is 34.3.